The molecular weight excluding hydrogens is 698 g/mol. The summed E-state index contributed by atoms with van der Waals surface area (Å²) in [4.78, 5) is 0. The van der Waals surface area contributed by atoms with Crippen LogP contribution in [-0.4, -0.2) is 0 Å². The summed E-state index contributed by atoms with van der Waals surface area (Å²) in [6.45, 7) is 0. The van der Waals surface area contributed by atoms with Crippen LogP contribution >= 0.6 is 45.2 Å². The summed E-state index contributed by atoms with van der Waals surface area (Å²) in [5.41, 5.74) is 12.7. The minimum atomic E-state index is 0.928. The number of benzene rings is 6. The summed E-state index contributed by atoms with van der Waals surface area (Å²) in [6, 6.07) is 52.8. The van der Waals surface area contributed by atoms with E-state index < -0.39 is 0 Å². The molecule has 0 aliphatic carbocycles. The lowest BCUT2D eigenvalue weighted by molar-refractivity contribution is 1.19. The molecule has 39 heavy (non-hydrogen) atoms. The van der Waals surface area contributed by atoms with Gasteiger partial charge in [-0.05, 0) is 119 Å². The molecule has 0 unspecified atom stereocenters. The second kappa shape index (κ2) is 11.9. The molecule has 0 saturated carbocycles. The SMILES string of the molecule is Ic1ccccc1-c1ccc(-c2ccc(Cc3ccc(-c4ccc(-c5ccccc5I)cc4)cc3)cc2)cc1. The van der Waals surface area contributed by atoms with Gasteiger partial charge in [0.15, 0.2) is 0 Å². The molecule has 6 aromatic carbocycles. The molecule has 188 valence electrons. The zero-order valence-electron chi connectivity index (χ0n) is 21.3. The number of hydrogen-bond acceptors (Lipinski definition) is 0. The van der Waals surface area contributed by atoms with Crippen LogP contribution in [0.25, 0.3) is 44.5 Å². The molecule has 0 fully saturated rings. The average Bonchev–Trinajstić information content (AvgIpc) is 2.99. The van der Waals surface area contributed by atoms with E-state index >= 15 is 0 Å². The van der Waals surface area contributed by atoms with Crippen molar-refractivity contribution in [2.24, 2.45) is 0 Å². The molecule has 0 aliphatic rings. The first-order valence-corrected chi connectivity index (χ1v) is 15.2. The topological polar surface area (TPSA) is 0 Å². The van der Waals surface area contributed by atoms with E-state index in [1.165, 1.54) is 62.8 Å². The Balaban J connectivity index is 1.12. The molecule has 2 heteroatoms. The number of halogens is 2. The van der Waals surface area contributed by atoms with Crippen molar-refractivity contribution in [1.29, 1.82) is 0 Å². The Morgan fingerprint density at radius 3 is 0.923 bits per heavy atom. The van der Waals surface area contributed by atoms with Crippen molar-refractivity contribution in [1.82, 2.24) is 0 Å². The van der Waals surface area contributed by atoms with E-state index in [2.05, 4.69) is 191 Å². The maximum Gasteiger partial charge on any atom is 0.0208 e. The Labute approximate surface area is 258 Å². The minimum absolute atomic E-state index is 0.928. The molecule has 0 spiro atoms. The lowest BCUT2D eigenvalue weighted by Gasteiger charge is -2.09. The third-order valence-electron chi connectivity index (χ3n) is 7.12. The summed E-state index contributed by atoms with van der Waals surface area (Å²) in [5, 5.41) is 0. The fraction of sp³-hybridized carbons (Fsp3) is 0.0270. The molecule has 0 aliphatic heterocycles. The first-order valence-electron chi connectivity index (χ1n) is 13.0. The zero-order chi connectivity index (χ0) is 26.6. The molecule has 0 bridgehead atoms. The van der Waals surface area contributed by atoms with Crippen molar-refractivity contribution in [3.8, 4) is 44.5 Å². The highest BCUT2D eigenvalue weighted by Gasteiger charge is 2.06. The van der Waals surface area contributed by atoms with Crippen molar-refractivity contribution in [2.45, 2.75) is 6.42 Å². The van der Waals surface area contributed by atoms with Crippen LogP contribution in [-0.2, 0) is 6.42 Å². The Morgan fingerprint density at radius 2 is 0.590 bits per heavy atom. The second-order valence-electron chi connectivity index (χ2n) is 9.69. The van der Waals surface area contributed by atoms with Gasteiger partial charge in [0, 0.05) is 7.14 Å². The largest absolute Gasteiger partial charge is 0.0616 e. The van der Waals surface area contributed by atoms with E-state index in [0.717, 1.165) is 6.42 Å². The summed E-state index contributed by atoms with van der Waals surface area (Å²) in [6.07, 6.45) is 0.928. The van der Waals surface area contributed by atoms with Crippen molar-refractivity contribution in [3.05, 3.63) is 164 Å². The predicted octanol–water partition coefficient (Wildman–Crippen LogP) is 11.2. The first-order chi connectivity index (χ1) is 19.1. The Bertz CT molecular complexity index is 1570. The number of rotatable bonds is 6. The molecular formula is C37H26I2. The van der Waals surface area contributed by atoms with E-state index in [9.17, 15) is 0 Å². The second-order valence-corrected chi connectivity index (χ2v) is 12.0. The lowest BCUT2D eigenvalue weighted by atomic mass is 9.97. The van der Waals surface area contributed by atoms with E-state index in [1.54, 1.807) is 0 Å². The van der Waals surface area contributed by atoms with Gasteiger partial charge >= 0.3 is 0 Å². The molecule has 0 N–H and O–H groups in total. The van der Waals surface area contributed by atoms with Gasteiger partial charge in [-0.15, -0.1) is 0 Å². The minimum Gasteiger partial charge on any atom is -0.0616 e. The van der Waals surface area contributed by atoms with Gasteiger partial charge in [0.1, 0.15) is 0 Å². The summed E-state index contributed by atoms with van der Waals surface area (Å²) >= 11 is 4.81. The Kier molecular flexibility index (Phi) is 7.93. The van der Waals surface area contributed by atoms with Crippen LogP contribution in [0.2, 0.25) is 0 Å². The van der Waals surface area contributed by atoms with Gasteiger partial charge < -0.3 is 0 Å². The first kappa shape index (κ1) is 26.0. The monoisotopic (exact) mass is 724 g/mol. The van der Waals surface area contributed by atoms with Gasteiger partial charge in [-0.1, -0.05) is 133 Å². The molecule has 0 atom stereocenters. The summed E-state index contributed by atoms with van der Waals surface area (Å²) in [5.74, 6) is 0. The van der Waals surface area contributed by atoms with Crippen LogP contribution in [0, 0.1) is 7.14 Å². The van der Waals surface area contributed by atoms with Crippen molar-refractivity contribution in [2.75, 3.05) is 0 Å². The quantitative estimate of drug-likeness (QED) is 0.150. The average molecular weight is 724 g/mol. The highest BCUT2D eigenvalue weighted by molar-refractivity contribution is 14.1. The molecule has 0 aromatic heterocycles. The van der Waals surface area contributed by atoms with Crippen LogP contribution < -0.4 is 0 Å². The normalized spacial score (nSPS) is 10.9. The molecule has 6 rings (SSSR count). The standard InChI is InChI=1S/C37H26I2/c38-36-7-3-1-5-34(36)32-21-17-30(18-22-32)28-13-9-26(10-14-28)25-27-11-15-29(16-12-27)31-19-23-33(24-20-31)35-6-2-4-8-37(35)39/h1-24H,25H2. The smallest absolute Gasteiger partial charge is 0.0208 e. The molecule has 0 radical (unpaired) electrons. The molecule has 0 nitrogen and oxygen atoms in total. The zero-order valence-corrected chi connectivity index (χ0v) is 25.6. The lowest BCUT2D eigenvalue weighted by Crippen LogP contribution is -1.89. The third kappa shape index (κ3) is 6.02. The van der Waals surface area contributed by atoms with Crippen molar-refractivity contribution < 1.29 is 0 Å². The van der Waals surface area contributed by atoms with Crippen LogP contribution in [0.5, 0.6) is 0 Å². The fourth-order valence-electron chi connectivity index (χ4n) is 4.94. The number of hydrogen-bond donors (Lipinski definition) is 0. The van der Waals surface area contributed by atoms with Gasteiger partial charge in [0.05, 0.1) is 0 Å². The van der Waals surface area contributed by atoms with Crippen LogP contribution in [0.15, 0.2) is 146 Å². The van der Waals surface area contributed by atoms with E-state index in [1.807, 2.05) is 0 Å². The van der Waals surface area contributed by atoms with Gasteiger partial charge in [-0.2, -0.15) is 0 Å². The maximum atomic E-state index is 2.40. The van der Waals surface area contributed by atoms with Crippen LogP contribution in [0.3, 0.4) is 0 Å². The van der Waals surface area contributed by atoms with Gasteiger partial charge in [-0.25, -0.2) is 0 Å². The van der Waals surface area contributed by atoms with Crippen LogP contribution in [0.1, 0.15) is 11.1 Å². The molecule has 6 aromatic rings. The van der Waals surface area contributed by atoms with E-state index in [4.69, 9.17) is 0 Å². The highest BCUT2D eigenvalue weighted by Crippen LogP contribution is 2.30. The predicted molar refractivity (Wildman–Crippen MR) is 183 cm³/mol. The van der Waals surface area contributed by atoms with Gasteiger partial charge in [0.25, 0.3) is 0 Å². The van der Waals surface area contributed by atoms with Crippen molar-refractivity contribution >= 4 is 45.2 Å². The van der Waals surface area contributed by atoms with Crippen molar-refractivity contribution in [3.63, 3.8) is 0 Å². The Morgan fingerprint density at radius 1 is 0.308 bits per heavy atom. The fourth-order valence-corrected chi connectivity index (χ4v) is 6.34. The molecule has 0 saturated heterocycles. The highest BCUT2D eigenvalue weighted by atomic mass is 127. The summed E-state index contributed by atoms with van der Waals surface area (Å²) in [7, 11) is 0. The van der Waals surface area contributed by atoms with E-state index in [0.29, 0.717) is 0 Å². The van der Waals surface area contributed by atoms with Gasteiger partial charge in [-0.3, -0.25) is 0 Å². The summed E-state index contributed by atoms with van der Waals surface area (Å²) < 4.78 is 2.55. The van der Waals surface area contributed by atoms with Crippen LogP contribution in [0.4, 0.5) is 0 Å². The molecule has 0 amide bonds. The maximum absolute atomic E-state index is 2.40. The van der Waals surface area contributed by atoms with Gasteiger partial charge in [0.2, 0.25) is 0 Å². The molecule has 0 heterocycles. The van der Waals surface area contributed by atoms with E-state index in [-0.39, 0.29) is 0 Å². The third-order valence-corrected chi connectivity index (χ3v) is 9.00. The Hall–Kier alpha value is -3.22.